The standard InChI is InChI=1S/C12H8F2N4O3/c13-7-5-10(8(14)4-9(7)18(19)20)21-11-3-6(12(15)16)1-2-17-11/h1-5H,(H3,15,16). The number of ether oxygens (including phenoxy) is 1. The fourth-order valence-electron chi connectivity index (χ4n) is 1.48. The topological polar surface area (TPSA) is 115 Å². The molecule has 0 fully saturated rings. The summed E-state index contributed by atoms with van der Waals surface area (Å²) < 4.78 is 32.1. The van der Waals surface area contributed by atoms with Crippen molar-refractivity contribution in [2.24, 2.45) is 5.73 Å². The molecular formula is C12H8F2N4O3. The molecular weight excluding hydrogens is 286 g/mol. The minimum absolute atomic E-state index is 0.130. The van der Waals surface area contributed by atoms with Crippen LogP contribution in [0.2, 0.25) is 0 Å². The molecule has 2 aromatic rings. The van der Waals surface area contributed by atoms with Crippen molar-refractivity contribution in [2.75, 3.05) is 0 Å². The monoisotopic (exact) mass is 294 g/mol. The molecule has 7 nitrogen and oxygen atoms in total. The summed E-state index contributed by atoms with van der Waals surface area (Å²) in [5, 5.41) is 17.7. The van der Waals surface area contributed by atoms with Crippen LogP contribution in [0.25, 0.3) is 0 Å². The second-order valence-electron chi connectivity index (χ2n) is 3.89. The Bertz CT molecular complexity index is 736. The van der Waals surface area contributed by atoms with Gasteiger partial charge in [0.2, 0.25) is 11.7 Å². The van der Waals surface area contributed by atoms with E-state index in [0.29, 0.717) is 12.1 Å². The van der Waals surface area contributed by atoms with Crippen LogP contribution in [0.1, 0.15) is 5.56 Å². The molecule has 0 aliphatic rings. The van der Waals surface area contributed by atoms with Gasteiger partial charge in [-0.2, -0.15) is 4.39 Å². The molecule has 1 heterocycles. The largest absolute Gasteiger partial charge is 0.436 e. The average molecular weight is 294 g/mol. The Morgan fingerprint density at radius 2 is 2.05 bits per heavy atom. The predicted octanol–water partition coefficient (Wildman–Crippen LogP) is 2.34. The van der Waals surface area contributed by atoms with Crippen LogP contribution >= 0.6 is 0 Å². The van der Waals surface area contributed by atoms with Gasteiger partial charge in [-0.3, -0.25) is 15.5 Å². The van der Waals surface area contributed by atoms with Crippen LogP contribution in [0, 0.1) is 27.2 Å². The lowest BCUT2D eigenvalue weighted by atomic mass is 10.2. The first-order chi connectivity index (χ1) is 9.88. The number of hydrogen-bond acceptors (Lipinski definition) is 5. The molecule has 0 spiro atoms. The third-order valence-electron chi connectivity index (χ3n) is 2.46. The molecule has 0 aliphatic carbocycles. The number of hydrogen-bond donors (Lipinski definition) is 2. The summed E-state index contributed by atoms with van der Waals surface area (Å²) in [7, 11) is 0. The first-order valence-corrected chi connectivity index (χ1v) is 5.50. The minimum atomic E-state index is -1.24. The van der Waals surface area contributed by atoms with E-state index in [1.807, 2.05) is 0 Å². The van der Waals surface area contributed by atoms with Gasteiger partial charge in [0.1, 0.15) is 5.84 Å². The lowest BCUT2D eigenvalue weighted by Crippen LogP contribution is -2.11. The number of aromatic nitrogens is 1. The lowest BCUT2D eigenvalue weighted by molar-refractivity contribution is -0.387. The van der Waals surface area contributed by atoms with Crippen molar-refractivity contribution < 1.29 is 18.4 Å². The van der Waals surface area contributed by atoms with Gasteiger partial charge in [-0.15, -0.1) is 0 Å². The van der Waals surface area contributed by atoms with Crippen molar-refractivity contribution in [1.82, 2.24) is 4.98 Å². The predicted molar refractivity (Wildman–Crippen MR) is 68.3 cm³/mol. The molecule has 0 radical (unpaired) electrons. The average Bonchev–Trinajstić information content (AvgIpc) is 2.42. The summed E-state index contributed by atoms with van der Waals surface area (Å²) in [6.07, 6.45) is 1.27. The van der Waals surface area contributed by atoms with Gasteiger partial charge < -0.3 is 10.5 Å². The summed E-state index contributed by atoms with van der Waals surface area (Å²) in [6.45, 7) is 0. The number of nitrogens with zero attached hydrogens (tertiary/aromatic N) is 2. The quantitative estimate of drug-likeness (QED) is 0.388. The highest BCUT2D eigenvalue weighted by Crippen LogP contribution is 2.29. The van der Waals surface area contributed by atoms with Gasteiger partial charge in [0, 0.05) is 23.9 Å². The third kappa shape index (κ3) is 3.08. The van der Waals surface area contributed by atoms with Crippen molar-refractivity contribution in [3.05, 3.63) is 57.8 Å². The number of rotatable bonds is 4. The van der Waals surface area contributed by atoms with Crippen LogP contribution in [0.5, 0.6) is 11.6 Å². The van der Waals surface area contributed by atoms with Crippen molar-refractivity contribution in [1.29, 1.82) is 5.41 Å². The van der Waals surface area contributed by atoms with E-state index >= 15 is 0 Å². The van der Waals surface area contributed by atoms with E-state index in [9.17, 15) is 18.9 Å². The van der Waals surface area contributed by atoms with Gasteiger partial charge in [0.25, 0.3) is 0 Å². The Kier molecular flexibility index (Phi) is 3.74. The van der Waals surface area contributed by atoms with Crippen molar-refractivity contribution >= 4 is 11.5 Å². The highest BCUT2D eigenvalue weighted by molar-refractivity contribution is 5.95. The zero-order valence-corrected chi connectivity index (χ0v) is 10.3. The van der Waals surface area contributed by atoms with E-state index in [-0.39, 0.29) is 17.3 Å². The molecule has 0 aliphatic heterocycles. The Morgan fingerprint density at radius 3 is 2.67 bits per heavy atom. The van der Waals surface area contributed by atoms with Crippen molar-refractivity contribution in [3.8, 4) is 11.6 Å². The minimum Gasteiger partial charge on any atom is -0.436 e. The summed E-state index contributed by atoms with van der Waals surface area (Å²) >= 11 is 0. The zero-order valence-electron chi connectivity index (χ0n) is 10.3. The molecule has 3 N–H and O–H groups in total. The van der Waals surface area contributed by atoms with E-state index in [4.69, 9.17) is 15.9 Å². The molecule has 0 saturated heterocycles. The molecule has 0 saturated carbocycles. The molecule has 9 heteroatoms. The van der Waals surface area contributed by atoms with Gasteiger partial charge in [-0.25, -0.2) is 9.37 Å². The van der Waals surface area contributed by atoms with E-state index in [1.54, 1.807) is 0 Å². The summed E-state index contributed by atoms with van der Waals surface area (Å²) in [5.41, 5.74) is 4.56. The van der Waals surface area contributed by atoms with Crippen LogP contribution < -0.4 is 10.5 Å². The zero-order chi connectivity index (χ0) is 15.6. The Morgan fingerprint density at radius 1 is 1.33 bits per heavy atom. The van der Waals surface area contributed by atoms with Gasteiger partial charge in [0.05, 0.1) is 11.0 Å². The summed E-state index contributed by atoms with van der Waals surface area (Å²) in [5.74, 6) is -3.30. The highest BCUT2D eigenvalue weighted by Gasteiger charge is 2.20. The number of nitrogens with one attached hydrogen (secondary N) is 1. The van der Waals surface area contributed by atoms with Crippen molar-refractivity contribution in [2.45, 2.75) is 0 Å². The number of nitrogens with two attached hydrogens (primary N) is 1. The number of halogens is 2. The second kappa shape index (κ2) is 5.49. The maximum absolute atomic E-state index is 13.6. The molecule has 1 aromatic carbocycles. The van der Waals surface area contributed by atoms with E-state index in [1.165, 1.54) is 18.3 Å². The second-order valence-corrected chi connectivity index (χ2v) is 3.89. The van der Waals surface area contributed by atoms with Crippen LogP contribution in [0.15, 0.2) is 30.5 Å². The normalized spacial score (nSPS) is 10.2. The molecule has 0 amide bonds. The van der Waals surface area contributed by atoms with Gasteiger partial charge in [-0.05, 0) is 6.07 Å². The maximum atomic E-state index is 13.6. The smallest absolute Gasteiger partial charge is 0.307 e. The first-order valence-electron chi connectivity index (χ1n) is 5.50. The molecule has 0 bridgehead atoms. The van der Waals surface area contributed by atoms with Crippen LogP contribution in [-0.4, -0.2) is 15.7 Å². The van der Waals surface area contributed by atoms with Gasteiger partial charge >= 0.3 is 5.69 Å². The van der Waals surface area contributed by atoms with Crippen LogP contribution in [-0.2, 0) is 0 Å². The first kappa shape index (κ1) is 14.3. The maximum Gasteiger partial charge on any atom is 0.307 e. The molecule has 21 heavy (non-hydrogen) atoms. The molecule has 1 aromatic heterocycles. The SMILES string of the molecule is N=C(N)c1ccnc(Oc2cc(F)c([N+](=O)[O-])cc2F)c1. The van der Waals surface area contributed by atoms with E-state index in [0.717, 1.165) is 0 Å². The number of pyridine rings is 1. The highest BCUT2D eigenvalue weighted by atomic mass is 19.1. The lowest BCUT2D eigenvalue weighted by Gasteiger charge is -2.07. The molecule has 0 atom stereocenters. The third-order valence-corrected chi connectivity index (χ3v) is 2.46. The molecule has 2 rings (SSSR count). The Labute approximate surface area is 116 Å². The Balaban J connectivity index is 2.36. The number of nitrogen functional groups attached to an aromatic ring is 1. The number of amidine groups is 1. The Hall–Kier alpha value is -3.10. The molecule has 0 unspecified atom stereocenters. The summed E-state index contributed by atoms with van der Waals surface area (Å²) in [4.78, 5) is 13.2. The van der Waals surface area contributed by atoms with Crippen LogP contribution in [0.4, 0.5) is 14.5 Å². The fraction of sp³-hybridized carbons (Fsp3) is 0. The molecule has 108 valence electrons. The van der Waals surface area contributed by atoms with Crippen molar-refractivity contribution in [3.63, 3.8) is 0 Å². The van der Waals surface area contributed by atoms with E-state index < -0.39 is 28.0 Å². The summed E-state index contributed by atoms with van der Waals surface area (Å²) in [6, 6.07) is 3.65. The fourth-order valence-corrected chi connectivity index (χ4v) is 1.48. The number of benzene rings is 1. The number of nitro benzene ring substituents is 1. The van der Waals surface area contributed by atoms with Gasteiger partial charge in [-0.1, -0.05) is 0 Å². The van der Waals surface area contributed by atoms with Gasteiger partial charge in [0.15, 0.2) is 11.6 Å². The number of nitro groups is 1. The van der Waals surface area contributed by atoms with Crippen LogP contribution in [0.3, 0.4) is 0 Å². The van der Waals surface area contributed by atoms with E-state index in [2.05, 4.69) is 4.98 Å².